The molecule has 20 heavy (non-hydrogen) atoms. The second kappa shape index (κ2) is 5.66. The number of piperidine rings is 1. The smallest absolute Gasteiger partial charge is 0.255 e. The standard InChI is InChI=1S/C15H18BrClN2O/c1-19(12-7-10-3-4-11(8-12)18-10)15(20)13-5-2-9(16)6-14(13)17/h2,5-6,10-12,18H,3-4,7-8H2,1H3. The first kappa shape index (κ1) is 14.4. The number of nitrogens with one attached hydrogen (secondary N) is 1. The molecular weight excluding hydrogens is 340 g/mol. The van der Waals surface area contributed by atoms with Crippen LogP contribution in [-0.2, 0) is 0 Å². The van der Waals surface area contributed by atoms with E-state index in [-0.39, 0.29) is 5.91 Å². The van der Waals surface area contributed by atoms with Gasteiger partial charge in [0, 0.05) is 29.6 Å². The van der Waals surface area contributed by atoms with Crippen molar-refractivity contribution in [2.45, 2.75) is 43.8 Å². The number of rotatable bonds is 2. The third kappa shape index (κ3) is 2.74. The summed E-state index contributed by atoms with van der Waals surface area (Å²) in [6.07, 6.45) is 4.57. The average Bonchev–Trinajstić information content (AvgIpc) is 2.76. The lowest BCUT2D eigenvalue weighted by Crippen LogP contribution is -2.48. The Labute approximate surface area is 132 Å². The molecule has 1 N–H and O–H groups in total. The van der Waals surface area contributed by atoms with Gasteiger partial charge in [-0.25, -0.2) is 0 Å². The molecule has 2 bridgehead atoms. The maximum Gasteiger partial charge on any atom is 0.255 e. The zero-order chi connectivity index (χ0) is 14.3. The Kier molecular flexibility index (Phi) is 4.07. The molecule has 2 heterocycles. The van der Waals surface area contributed by atoms with Crippen LogP contribution in [0.2, 0.25) is 5.02 Å². The molecule has 1 aromatic carbocycles. The van der Waals surface area contributed by atoms with Crippen LogP contribution in [0.1, 0.15) is 36.0 Å². The van der Waals surface area contributed by atoms with Gasteiger partial charge in [-0.2, -0.15) is 0 Å². The van der Waals surface area contributed by atoms with Crippen LogP contribution in [0.25, 0.3) is 0 Å². The molecule has 3 nitrogen and oxygen atoms in total. The molecule has 1 aromatic rings. The molecule has 2 unspecified atom stereocenters. The summed E-state index contributed by atoms with van der Waals surface area (Å²) >= 11 is 9.55. The highest BCUT2D eigenvalue weighted by Crippen LogP contribution is 2.31. The summed E-state index contributed by atoms with van der Waals surface area (Å²) in [7, 11) is 1.90. The normalized spacial score (nSPS) is 28.4. The highest BCUT2D eigenvalue weighted by Gasteiger charge is 2.36. The van der Waals surface area contributed by atoms with E-state index in [1.54, 1.807) is 12.1 Å². The fourth-order valence-electron chi connectivity index (χ4n) is 3.36. The monoisotopic (exact) mass is 356 g/mol. The van der Waals surface area contributed by atoms with Gasteiger partial charge in [0.2, 0.25) is 0 Å². The minimum absolute atomic E-state index is 0.0220. The summed E-state index contributed by atoms with van der Waals surface area (Å²) in [5.41, 5.74) is 0.586. The van der Waals surface area contributed by atoms with Crippen molar-refractivity contribution in [3.05, 3.63) is 33.3 Å². The molecule has 0 radical (unpaired) electrons. The van der Waals surface area contributed by atoms with Crippen LogP contribution in [0.5, 0.6) is 0 Å². The van der Waals surface area contributed by atoms with Gasteiger partial charge < -0.3 is 10.2 Å². The van der Waals surface area contributed by atoms with Crippen molar-refractivity contribution in [1.29, 1.82) is 0 Å². The number of nitrogens with zero attached hydrogens (tertiary/aromatic N) is 1. The fourth-order valence-corrected chi connectivity index (χ4v) is 4.12. The molecule has 0 spiro atoms. The molecule has 2 saturated heterocycles. The van der Waals surface area contributed by atoms with E-state index < -0.39 is 0 Å². The predicted octanol–water partition coefficient (Wildman–Crippen LogP) is 3.46. The Balaban J connectivity index is 1.76. The second-order valence-corrected chi connectivity index (χ2v) is 7.13. The minimum atomic E-state index is 0.0220. The number of benzene rings is 1. The Morgan fingerprint density at radius 1 is 1.35 bits per heavy atom. The van der Waals surface area contributed by atoms with Gasteiger partial charge in [-0.05, 0) is 43.9 Å². The third-order valence-corrected chi connectivity index (χ3v) is 5.28. The van der Waals surface area contributed by atoms with Crippen LogP contribution in [0.4, 0.5) is 0 Å². The van der Waals surface area contributed by atoms with Gasteiger partial charge >= 0.3 is 0 Å². The van der Waals surface area contributed by atoms with Gasteiger partial charge in [0.15, 0.2) is 0 Å². The summed E-state index contributed by atoms with van der Waals surface area (Å²) in [6.45, 7) is 0. The van der Waals surface area contributed by atoms with E-state index in [0.717, 1.165) is 17.3 Å². The van der Waals surface area contributed by atoms with Crippen LogP contribution in [-0.4, -0.2) is 36.0 Å². The number of carbonyl (C=O) groups excluding carboxylic acids is 1. The number of carbonyl (C=O) groups is 1. The van der Waals surface area contributed by atoms with E-state index in [4.69, 9.17) is 11.6 Å². The molecule has 2 fully saturated rings. The molecule has 2 aliphatic rings. The molecular formula is C15H18BrClN2O. The lowest BCUT2D eigenvalue weighted by molar-refractivity contribution is 0.0682. The summed E-state index contributed by atoms with van der Waals surface area (Å²) in [6, 6.07) is 6.90. The van der Waals surface area contributed by atoms with E-state index in [2.05, 4.69) is 21.2 Å². The van der Waals surface area contributed by atoms with Crippen molar-refractivity contribution in [3.8, 4) is 0 Å². The van der Waals surface area contributed by atoms with E-state index in [0.29, 0.717) is 28.7 Å². The summed E-state index contributed by atoms with van der Waals surface area (Å²) < 4.78 is 0.890. The van der Waals surface area contributed by atoms with Gasteiger partial charge in [0.1, 0.15) is 0 Å². The van der Waals surface area contributed by atoms with Crippen molar-refractivity contribution in [1.82, 2.24) is 10.2 Å². The van der Waals surface area contributed by atoms with Gasteiger partial charge in [-0.15, -0.1) is 0 Å². The first-order valence-electron chi connectivity index (χ1n) is 7.03. The van der Waals surface area contributed by atoms with Crippen LogP contribution in [0, 0.1) is 0 Å². The maximum atomic E-state index is 12.6. The number of fused-ring (bicyclic) bond motifs is 2. The highest BCUT2D eigenvalue weighted by atomic mass is 79.9. The van der Waals surface area contributed by atoms with Crippen molar-refractivity contribution in [2.24, 2.45) is 0 Å². The molecule has 0 saturated carbocycles. The quantitative estimate of drug-likeness (QED) is 0.879. The Hall–Kier alpha value is -0.580. The van der Waals surface area contributed by atoms with Crippen LogP contribution >= 0.6 is 27.5 Å². The van der Waals surface area contributed by atoms with Crippen molar-refractivity contribution in [2.75, 3.05) is 7.05 Å². The van der Waals surface area contributed by atoms with Gasteiger partial charge in [-0.3, -0.25) is 4.79 Å². The van der Waals surface area contributed by atoms with Crippen molar-refractivity contribution >= 4 is 33.4 Å². The number of halogens is 2. The topological polar surface area (TPSA) is 32.3 Å². The Bertz CT molecular complexity index is 525. The molecule has 5 heteroatoms. The van der Waals surface area contributed by atoms with Crippen LogP contribution < -0.4 is 5.32 Å². The summed E-state index contributed by atoms with van der Waals surface area (Å²) in [4.78, 5) is 14.5. The Morgan fingerprint density at radius 2 is 2.00 bits per heavy atom. The minimum Gasteiger partial charge on any atom is -0.339 e. The lowest BCUT2D eigenvalue weighted by Gasteiger charge is -2.35. The average molecular weight is 358 g/mol. The molecule has 2 aliphatic heterocycles. The highest BCUT2D eigenvalue weighted by molar-refractivity contribution is 9.10. The lowest BCUT2D eigenvalue weighted by atomic mass is 9.98. The molecule has 1 amide bonds. The van der Waals surface area contributed by atoms with Gasteiger partial charge in [0.25, 0.3) is 5.91 Å². The van der Waals surface area contributed by atoms with Crippen LogP contribution in [0.15, 0.2) is 22.7 Å². The number of hydrogen-bond acceptors (Lipinski definition) is 2. The first-order chi connectivity index (χ1) is 9.54. The van der Waals surface area contributed by atoms with Crippen molar-refractivity contribution < 1.29 is 4.79 Å². The van der Waals surface area contributed by atoms with E-state index in [1.165, 1.54) is 12.8 Å². The summed E-state index contributed by atoms with van der Waals surface area (Å²) in [5.74, 6) is 0.0220. The number of amides is 1. The fraction of sp³-hybridized carbons (Fsp3) is 0.533. The van der Waals surface area contributed by atoms with E-state index >= 15 is 0 Å². The number of hydrogen-bond donors (Lipinski definition) is 1. The van der Waals surface area contributed by atoms with Gasteiger partial charge in [0.05, 0.1) is 10.6 Å². The SMILES string of the molecule is CN(C(=O)c1ccc(Br)cc1Cl)C1CC2CCC(C1)N2. The molecule has 0 aromatic heterocycles. The van der Waals surface area contributed by atoms with E-state index in [1.807, 2.05) is 18.0 Å². The zero-order valence-corrected chi connectivity index (χ0v) is 13.7. The van der Waals surface area contributed by atoms with E-state index in [9.17, 15) is 4.79 Å². The first-order valence-corrected chi connectivity index (χ1v) is 8.20. The van der Waals surface area contributed by atoms with Crippen LogP contribution in [0.3, 0.4) is 0 Å². The Morgan fingerprint density at radius 3 is 2.60 bits per heavy atom. The molecule has 0 aliphatic carbocycles. The van der Waals surface area contributed by atoms with Crippen molar-refractivity contribution in [3.63, 3.8) is 0 Å². The van der Waals surface area contributed by atoms with Gasteiger partial charge in [-0.1, -0.05) is 27.5 Å². The predicted molar refractivity (Wildman–Crippen MR) is 84.2 cm³/mol. The molecule has 3 rings (SSSR count). The maximum absolute atomic E-state index is 12.6. The zero-order valence-electron chi connectivity index (χ0n) is 11.4. The molecule has 2 atom stereocenters. The molecule has 108 valence electrons. The largest absolute Gasteiger partial charge is 0.339 e. The second-order valence-electron chi connectivity index (χ2n) is 5.80. The summed E-state index contributed by atoms with van der Waals surface area (Å²) in [5, 5.41) is 4.11. The third-order valence-electron chi connectivity index (χ3n) is 4.48.